The lowest BCUT2D eigenvalue weighted by atomic mass is 10.0. The normalized spacial score (nSPS) is 11.3. The SMILES string of the molecule is CCS(=O)(=O)OC(=O)c1ccc2cc(C(=O)O)ccc2c1. The Kier molecular flexibility index (Phi) is 3.95. The highest BCUT2D eigenvalue weighted by atomic mass is 32.2. The first kappa shape index (κ1) is 15.0. The Morgan fingerprint density at radius 2 is 1.57 bits per heavy atom. The molecule has 110 valence electrons. The summed E-state index contributed by atoms with van der Waals surface area (Å²) in [5.41, 5.74) is 0.217. The molecule has 7 heteroatoms. The fraction of sp³-hybridized carbons (Fsp3) is 0.143. The van der Waals surface area contributed by atoms with Gasteiger partial charge in [0, 0.05) is 0 Å². The lowest BCUT2D eigenvalue weighted by Gasteiger charge is -2.05. The van der Waals surface area contributed by atoms with Crippen molar-refractivity contribution in [1.82, 2.24) is 0 Å². The predicted molar refractivity (Wildman–Crippen MR) is 75.8 cm³/mol. The minimum Gasteiger partial charge on any atom is -0.478 e. The summed E-state index contributed by atoms with van der Waals surface area (Å²) in [6, 6.07) is 8.80. The summed E-state index contributed by atoms with van der Waals surface area (Å²) < 4.78 is 26.9. The smallest absolute Gasteiger partial charge is 0.353 e. The standard InChI is InChI=1S/C14H12O6S/c1-2-21(18,19)20-14(17)12-6-4-9-7-11(13(15)16)5-3-10(9)8-12/h3-8H,2H2,1H3,(H,15,16). The maximum absolute atomic E-state index is 11.7. The first-order valence-corrected chi connectivity index (χ1v) is 7.64. The molecule has 2 aromatic rings. The molecule has 0 spiro atoms. The van der Waals surface area contributed by atoms with E-state index in [0.717, 1.165) is 0 Å². The molecule has 6 nitrogen and oxygen atoms in total. The molecule has 0 bridgehead atoms. The van der Waals surface area contributed by atoms with Gasteiger partial charge in [-0.1, -0.05) is 12.1 Å². The Labute approximate surface area is 121 Å². The van der Waals surface area contributed by atoms with Gasteiger partial charge in [-0.15, -0.1) is 0 Å². The first-order chi connectivity index (χ1) is 9.82. The van der Waals surface area contributed by atoms with Crippen molar-refractivity contribution in [2.45, 2.75) is 6.92 Å². The lowest BCUT2D eigenvalue weighted by molar-refractivity contribution is 0.0694. The monoisotopic (exact) mass is 308 g/mol. The first-order valence-electron chi connectivity index (χ1n) is 6.06. The number of hydrogen-bond donors (Lipinski definition) is 1. The topological polar surface area (TPSA) is 97.7 Å². The Balaban J connectivity index is 2.37. The van der Waals surface area contributed by atoms with Crippen molar-refractivity contribution in [1.29, 1.82) is 0 Å². The van der Waals surface area contributed by atoms with Crippen LogP contribution in [0.5, 0.6) is 0 Å². The third-order valence-electron chi connectivity index (χ3n) is 2.88. The zero-order chi connectivity index (χ0) is 15.6. The summed E-state index contributed by atoms with van der Waals surface area (Å²) in [5, 5.41) is 10.1. The Morgan fingerprint density at radius 1 is 1.05 bits per heavy atom. The molecule has 0 aromatic heterocycles. The van der Waals surface area contributed by atoms with Gasteiger partial charge in [-0.05, 0) is 42.0 Å². The second kappa shape index (κ2) is 5.53. The van der Waals surface area contributed by atoms with E-state index in [2.05, 4.69) is 4.18 Å². The van der Waals surface area contributed by atoms with E-state index in [1.54, 1.807) is 6.07 Å². The summed E-state index contributed by atoms with van der Waals surface area (Å²) in [4.78, 5) is 22.6. The van der Waals surface area contributed by atoms with Crippen molar-refractivity contribution in [3.8, 4) is 0 Å². The fourth-order valence-electron chi connectivity index (χ4n) is 1.73. The molecule has 0 amide bonds. The molecular formula is C14H12O6S. The van der Waals surface area contributed by atoms with Crippen molar-refractivity contribution in [3.05, 3.63) is 47.5 Å². The molecule has 0 aliphatic rings. The minimum atomic E-state index is -3.87. The van der Waals surface area contributed by atoms with Gasteiger partial charge >= 0.3 is 22.1 Å². The molecule has 0 heterocycles. The van der Waals surface area contributed by atoms with Crippen LogP contribution in [0, 0.1) is 0 Å². The molecule has 0 atom stereocenters. The zero-order valence-corrected chi connectivity index (χ0v) is 11.9. The number of carbonyl (C=O) groups is 2. The molecule has 0 radical (unpaired) electrons. The number of carboxylic acids is 1. The molecule has 0 saturated heterocycles. The summed E-state index contributed by atoms with van der Waals surface area (Å²) >= 11 is 0. The van der Waals surface area contributed by atoms with Gasteiger partial charge in [-0.25, -0.2) is 9.59 Å². The molecule has 2 aromatic carbocycles. The van der Waals surface area contributed by atoms with Crippen LogP contribution < -0.4 is 0 Å². The van der Waals surface area contributed by atoms with Gasteiger partial charge in [-0.3, -0.25) is 0 Å². The van der Waals surface area contributed by atoms with Crippen molar-refractivity contribution in [2.24, 2.45) is 0 Å². The second-order valence-corrected chi connectivity index (χ2v) is 6.16. The summed E-state index contributed by atoms with van der Waals surface area (Å²) in [7, 11) is -3.87. The molecule has 0 saturated carbocycles. The summed E-state index contributed by atoms with van der Waals surface area (Å²) in [6.45, 7) is 1.37. The van der Waals surface area contributed by atoms with Gasteiger partial charge in [0.05, 0.1) is 16.9 Å². The van der Waals surface area contributed by atoms with Gasteiger partial charge in [0.2, 0.25) is 0 Å². The van der Waals surface area contributed by atoms with E-state index in [0.29, 0.717) is 10.8 Å². The molecule has 0 aliphatic heterocycles. The van der Waals surface area contributed by atoms with E-state index < -0.39 is 22.1 Å². The predicted octanol–water partition coefficient (Wildman–Crippen LogP) is 2.04. The van der Waals surface area contributed by atoms with Crippen LogP contribution >= 0.6 is 0 Å². The molecule has 0 unspecified atom stereocenters. The van der Waals surface area contributed by atoms with Crippen molar-refractivity contribution in [3.63, 3.8) is 0 Å². The van der Waals surface area contributed by atoms with Crippen LogP contribution in [0.15, 0.2) is 36.4 Å². The molecule has 2 rings (SSSR count). The lowest BCUT2D eigenvalue weighted by Crippen LogP contribution is -2.14. The highest BCUT2D eigenvalue weighted by molar-refractivity contribution is 7.87. The van der Waals surface area contributed by atoms with Crippen LogP contribution in [0.1, 0.15) is 27.6 Å². The third-order valence-corrected chi connectivity index (χ3v) is 3.99. The Hall–Kier alpha value is -2.41. The van der Waals surface area contributed by atoms with Crippen LogP contribution in [-0.4, -0.2) is 31.2 Å². The van der Waals surface area contributed by atoms with Crippen LogP contribution in [0.25, 0.3) is 10.8 Å². The molecule has 0 fully saturated rings. The van der Waals surface area contributed by atoms with Gasteiger partial charge in [0.1, 0.15) is 0 Å². The van der Waals surface area contributed by atoms with Crippen LogP contribution in [0.3, 0.4) is 0 Å². The number of fused-ring (bicyclic) bond motifs is 1. The number of carboxylic acid groups (broad SMARTS) is 1. The molecule has 0 aliphatic carbocycles. The number of benzene rings is 2. The number of rotatable bonds is 4. The maximum Gasteiger partial charge on any atom is 0.353 e. The average molecular weight is 308 g/mol. The van der Waals surface area contributed by atoms with E-state index in [1.807, 2.05) is 0 Å². The molecular weight excluding hydrogens is 296 g/mol. The highest BCUT2D eigenvalue weighted by Gasteiger charge is 2.17. The Bertz CT molecular complexity index is 822. The van der Waals surface area contributed by atoms with Crippen LogP contribution in [-0.2, 0) is 14.3 Å². The summed E-state index contributed by atoms with van der Waals surface area (Å²) in [6.07, 6.45) is 0. The largest absolute Gasteiger partial charge is 0.478 e. The number of aromatic carboxylic acids is 1. The van der Waals surface area contributed by atoms with E-state index in [9.17, 15) is 18.0 Å². The summed E-state index contributed by atoms with van der Waals surface area (Å²) in [5.74, 6) is -2.30. The number of carbonyl (C=O) groups excluding carboxylic acids is 1. The second-order valence-electron chi connectivity index (χ2n) is 4.30. The van der Waals surface area contributed by atoms with Gasteiger partial charge in [-0.2, -0.15) is 8.42 Å². The molecule has 21 heavy (non-hydrogen) atoms. The van der Waals surface area contributed by atoms with E-state index in [1.165, 1.54) is 37.3 Å². The maximum atomic E-state index is 11.7. The highest BCUT2D eigenvalue weighted by Crippen LogP contribution is 2.19. The van der Waals surface area contributed by atoms with Crippen molar-refractivity contribution >= 4 is 32.8 Å². The van der Waals surface area contributed by atoms with Crippen LogP contribution in [0.2, 0.25) is 0 Å². The zero-order valence-electron chi connectivity index (χ0n) is 11.1. The van der Waals surface area contributed by atoms with Gasteiger partial charge in [0.15, 0.2) is 0 Å². The number of hydrogen-bond acceptors (Lipinski definition) is 5. The van der Waals surface area contributed by atoms with E-state index >= 15 is 0 Å². The van der Waals surface area contributed by atoms with Crippen LogP contribution in [0.4, 0.5) is 0 Å². The Morgan fingerprint density at radius 3 is 2.10 bits per heavy atom. The van der Waals surface area contributed by atoms with Gasteiger partial charge in [0.25, 0.3) is 0 Å². The fourth-order valence-corrected chi connectivity index (χ4v) is 2.17. The van der Waals surface area contributed by atoms with Crippen molar-refractivity contribution in [2.75, 3.05) is 5.75 Å². The minimum absolute atomic E-state index is 0.0857. The van der Waals surface area contributed by atoms with E-state index in [4.69, 9.17) is 5.11 Å². The third kappa shape index (κ3) is 3.38. The van der Waals surface area contributed by atoms with E-state index in [-0.39, 0.29) is 16.9 Å². The van der Waals surface area contributed by atoms with Gasteiger partial charge < -0.3 is 9.29 Å². The quantitative estimate of drug-likeness (QED) is 0.868. The van der Waals surface area contributed by atoms with Crippen molar-refractivity contribution < 1.29 is 27.3 Å². The average Bonchev–Trinajstić information content (AvgIpc) is 2.45. The molecule has 1 N–H and O–H groups in total.